The van der Waals surface area contributed by atoms with Crippen LogP contribution in [0.1, 0.15) is 16.7 Å². The molecule has 0 aromatic heterocycles. The zero-order valence-corrected chi connectivity index (χ0v) is 13.8. The van der Waals surface area contributed by atoms with Crippen molar-refractivity contribution in [2.24, 2.45) is 0 Å². The summed E-state index contributed by atoms with van der Waals surface area (Å²) in [5.74, 6) is 1.46. The van der Waals surface area contributed by atoms with Gasteiger partial charge in [0, 0.05) is 11.6 Å². The summed E-state index contributed by atoms with van der Waals surface area (Å²) in [6, 6.07) is 11.4. The van der Waals surface area contributed by atoms with Gasteiger partial charge in [0.25, 0.3) is 0 Å². The van der Waals surface area contributed by atoms with Crippen molar-refractivity contribution in [1.29, 1.82) is 0 Å². The first-order valence-electron chi connectivity index (χ1n) is 7.25. The van der Waals surface area contributed by atoms with E-state index in [4.69, 9.17) is 9.47 Å². The number of ether oxygens (including phenoxy) is 3. The molecule has 0 spiro atoms. The van der Waals surface area contributed by atoms with E-state index in [0.29, 0.717) is 18.0 Å². The Balaban J connectivity index is 2.19. The SMILES string of the molecule is COC(=O)Nc1cc(OC)ccc1COc1ccc(C)cc1C. The van der Waals surface area contributed by atoms with Crippen LogP contribution in [0.2, 0.25) is 0 Å². The van der Waals surface area contributed by atoms with Crippen molar-refractivity contribution in [3.8, 4) is 11.5 Å². The Bertz CT molecular complexity index is 697. The first-order chi connectivity index (χ1) is 11.0. The Kier molecular flexibility index (Phi) is 5.46. The van der Waals surface area contributed by atoms with Crippen LogP contribution in [0.15, 0.2) is 36.4 Å². The van der Waals surface area contributed by atoms with Gasteiger partial charge in [0.15, 0.2) is 0 Å². The second-order valence-electron chi connectivity index (χ2n) is 5.20. The Morgan fingerprint density at radius 3 is 2.52 bits per heavy atom. The maximum absolute atomic E-state index is 11.5. The van der Waals surface area contributed by atoms with E-state index in [1.165, 1.54) is 12.7 Å². The molecule has 5 heteroatoms. The number of aryl methyl sites for hydroxylation is 2. The Morgan fingerprint density at radius 2 is 1.87 bits per heavy atom. The summed E-state index contributed by atoms with van der Waals surface area (Å²) >= 11 is 0. The summed E-state index contributed by atoms with van der Waals surface area (Å²) in [6.07, 6.45) is -0.536. The molecule has 0 aliphatic heterocycles. The van der Waals surface area contributed by atoms with Crippen LogP contribution < -0.4 is 14.8 Å². The zero-order chi connectivity index (χ0) is 16.8. The molecule has 5 nitrogen and oxygen atoms in total. The fourth-order valence-corrected chi connectivity index (χ4v) is 2.20. The highest BCUT2D eigenvalue weighted by Crippen LogP contribution is 2.26. The van der Waals surface area contributed by atoms with Gasteiger partial charge in [0.2, 0.25) is 0 Å². The number of anilines is 1. The van der Waals surface area contributed by atoms with E-state index in [2.05, 4.69) is 16.1 Å². The average molecular weight is 315 g/mol. The van der Waals surface area contributed by atoms with Gasteiger partial charge in [-0.25, -0.2) is 4.79 Å². The normalized spacial score (nSPS) is 10.1. The third-order valence-corrected chi connectivity index (χ3v) is 3.45. The van der Waals surface area contributed by atoms with Gasteiger partial charge in [-0.1, -0.05) is 17.7 Å². The molecule has 0 aliphatic rings. The molecule has 0 atom stereocenters. The number of hydrogen-bond donors (Lipinski definition) is 1. The minimum Gasteiger partial charge on any atom is -0.497 e. The minimum atomic E-state index is -0.536. The molecule has 0 saturated carbocycles. The number of benzene rings is 2. The molecule has 0 bridgehead atoms. The van der Waals surface area contributed by atoms with Crippen LogP contribution in [-0.2, 0) is 11.3 Å². The third kappa shape index (κ3) is 4.39. The zero-order valence-electron chi connectivity index (χ0n) is 13.8. The number of nitrogens with one attached hydrogen (secondary N) is 1. The van der Waals surface area contributed by atoms with Crippen LogP contribution in [0.5, 0.6) is 11.5 Å². The highest BCUT2D eigenvalue weighted by Gasteiger charge is 2.10. The van der Waals surface area contributed by atoms with Crippen molar-refractivity contribution in [1.82, 2.24) is 0 Å². The summed E-state index contributed by atoms with van der Waals surface area (Å²) < 4.78 is 15.7. The molecule has 23 heavy (non-hydrogen) atoms. The molecule has 1 N–H and O–H groups in total. The second kappa shape index (κ2) is 7.54. The van der Waals surface area contributed by atoms with Crippen LogP contribution in [-0.4, -0.2) is 20.3 Å². The van der Waals surface area contributed by atoms with E-state index < -0.39 is 6.09 Å². The molecule has 0 fully saturated rings. The Hall–Kier alpha value is -2.69. The van der Waals surface area contributed by atoms with Gasteiger partial charge in [-0.2, -0.15) is 0 Å². The Morgan fingerprint density at radius 1 is 1.09 bits per heavy atom. The smallest absolute Gasteiger partial charge is 0.411 e. The summed E-state index contributed by atoms with van der Waals surface area (Å²) in [5, 5.41) is 2.67. The highest BCUT2D eigenvalue weighted by molar-refractivity contribution is 5.85. The number of hydrogen-bond acceptors (Lipinski definition) is 4. The molecular weight excluding hydrogens is 294 g/mol. The quantitative estimate of drug-likeness (QED) is 0.903. The summed E-state index contributed by atoms with van der Waals surface area (Å²) in [7, 11) is 2.89. The lowest BCUT2D eigenvalue weighted by atomic mass is 10.1. The first-order valence-corrected chi connectivity index (χ1v) is 7.25. The predicted octanol–water partition coefficient (Wildman–Crippen LogP) is 4.07. The molecule has 2 rings (SSSR count). The van der Waals surface area contributed by atoms with Gasteiger partial charge in [-0.15, -0.1) is 0 Å². The number of methoxy groups -OCH3 is 2. The largest absolute Gasteiger partial charge is 0.497 e. The second-order valence-corrected chi connectivity index (χ2v) is 5.20. The highest BCUT2D eigenvalue weighted by atomic mass is 16.5. The summed E-state index contributed by atoms with van der Waals surface area (Å²) in [5.41, 5.74) is 3.69. The van der Waals surface area contributed by atoms with Gasteiger partial charge in [0.1, 0.15) is 18.1 Å². The molecule has 1 amide bonds. The lowest BCUT2D eigenvalue weighted by molar-refractivity contribution is 0.187. The Labute approximate surface area is 136 Å². The topological polar surface area (TPSA) is 56.8 Å². The number of amides is 1. The minimum absolute atomic E-state index is 0.327. The van der Waals surface area contributed by atoms with Crippen molar-refractivity contribution >= 4 is 11.8 Å². The molecule has 0 saturated heterocycles. The van der Waals surface area contributed by atoms with Crippen LogP contribution in [0.25, 0.3) is 0 Å². The summed E-state index contributed by atoms with van der Waals surface area (Å²) in [6.45, 7) is 4.37. The third-order valence-electron chi connectivity index (χ3n) is 3.45. The van der Waals surface area contributed by atoms with Gasteiger partial charge in [0.05, 0.1) is 19.9 Å². The molecule has 2 aromatic carbocycles. The van der Waals surface area contributed by atoms with Gasteiger partial charge < -0.3 is 14.2 Å². The van der Waals surface area contributed by atoms with E-state index in [0.717, 1.165) is 16.9 Å². The lowest BCUT2D eigenvalue weighted by Crippen LogP contribution is -2.13. The number of carbonyl (C=O) groups excluding carboxylic acids is 1. The lowest BCUT2D eigenvalue weighted by Gasteiger charge is -2.14. The summed E-state index contributed by atoms with van der Waals surface area (Å²) in [4.78, 5) is 11.5. The van der Waals surface area contributed by atoms with Gasteiger partial charge in [-0.3, -0.25) is 5.32 Å². The number of rotatable bonds is 5. The van der Waals surface area contributed by atoms with Gasteiger partial charge >= 0.3 is 6.09 Å². The van der Waals surface area contributed by atoms with Crippen molar-refractivity contribution in [2.75, 3.05) is 19.5 Å². The van der Waals surface area contributed by atoms with E-state index in [-0.39, 0.29) is 0 Å². The van der Waals surface area contributed by atoms with Crippen LogP contribution in [0.3, 0.4) is 0 Å². The molecular formula is C18H21NO4. The van der Waals surface area contributed by atoms with Crippen molar-refractivity contribution in [3.63, 3.8) is 0 Å². The predicted molar refractivity (Wildman–Crippen MR) is 89.3 cm³/mol. The van der Waals surface area contributed by atoms with E-state index in [1.54, 1.807) is 13.2 Å². The van der Waals surface area contributed by atoms with Crippen molar-refractivity contribution in [3.05, 3.63) is 53.1 Å². The molecule has 122 valence electrons. The first kappa shape index (κ1) is 16.7. The molecule has 0 aliphatic carbocycles. The van der Waals surface area contributed by atoms with E-state index in [1.807, 2.05) is 38.1 Å². The standard InChI is InChI=1S/C18H21NO4/c1-12-5-8-17(13(2)9-12)23-11-14-6-7-15(21-3)10-16(14)19-18(20)22-4/h5-10H,11H2,1-4H3,(H,19,20). The molecule has 0 radical (unpaired) electrons. The van der Waals surface area contributed by atoms with Gasteiger partial charge in [-0.05, 0) is 37.6 Å². The monoisotopic (exact) mass is 315 g/mol. The molecule has 0 heterocycles. The van der Waals surface area contributed by atoms with Crippen LogP contribution in [0.4, 0.5) is 10.5 Å². The molecule has 2 aromatic rings. The maximum atomic E-state index is 11.5. The van der Waals surface area contributed by atoms with Crippen molar-refractivity contribution in [2.45, 2.75) is 20.5 Å². The fourth-order valence-electron chi connectivity index (χ4n) is 2.20. The van der Waals surface area contributed by atoms with E-state index in [9.17, 15) is 4.79 Å². The van der Waals surface area contributed by atoms with Crippen LogP contribution in [0, 0.1) is 13.8 Å². The fraction of sp³-hybridized carbons (Fsp3) is 0.278. The average Bonchev–Trinajstić information content (AvgIpc) is 2.54. The van der Waals surface area contributed by atoms with E-state index >= 15 is 0 Å². The number of carbonyl (C=O) groups is 1. The van der Waals surface area contributed by atoms with Crippen LogP contribution >= 0.6 is 0 Å². The van der Waals surface area contributed by atoms with Crippen molar-refractivity contribution < 1.29 is 19.0 Å². The molecule has 0 unspecified atom stereocenters. The maximum Gasteiger partial charge on any atom is 0.411 e.